The van der Waals surface area contributed by atoms with Crippen molar-refractivity contribution in [1.29, 1.82) is 0 Å². The molecule has 3 heterocycles. The second-order valence-corrected chi connectivity index (χ2v) is 9.36. The van der Waals surface area contributed by atoms with E-state index in [9.17, 15) is 0 Å². The van der Waals surface area contributed by atoms with Gasteiger partial charge in [-0.15, -0.1) is 10.2 Å². The third-order valence-electron chi connectivity index (χ3n) is 7.45. The van der Waals surface area contributed by atoms with Gasteiger partial charge >= 0.3 is 0 Å². The molecule has 6 heteroatoms. The zero-order valence-corrected chi connectivity index (χ0v) is 16.6. The molecular weight excluding hydrogens is 348 g/mol. The van der Waals surface area contributed by atoms with E-state index in [4.69, 9.17) is 0 Å². The van der Waals surface area contributed by atoms with E-state index in [0.29, 0.717) is 6.04 Å². The average molecular weight is 377 g/mol. The molecule has 2 bridgehead atoms. The van der Waals surface area contributed by atoms with E-state index < -0.39 is 0 Å². The van der Waals surface area contributed by atoms with Crippen LogP contribution in [0.3, 0.4) is 0 Å². The molecule has 1 N–H and O–H groups in total. The number of allylic oxidation sites excluding steroid dienone is 2. The number of piperidine rings is 1. The number of aryl methyl sites for hydroxylation is 2. The summed E-state index contributed by atoms with van der Waals surface area (Å²) in [6, 6.07) is 4.69. The first-order valence-electron chi connectivity index (χ1n) is 10.7. The van der Waals surface area contributed by atoms with E-state index in [1.54, 1.807) is 0 Å². The molecule has 1 aliphatic heterocycles. The van der Waals surface area contributed by atoms with E-state index in [1.807, 2.05) is 30.9 Å². The summed E-state index contributed by atoms with van der Waals surface area (Å²) in [5.74, 6) is 5.14. The second-order valence-electron chi connectivity index (χ2n) is 9.36. The van der Waals surface area contributed by atoms with Crippen molar-refractivity contribution in [2.24, 2.45) is 36.6 Å². The smallest absolute Gasteiger partial charge is 0.148 e. The number of anilines is 1. The Bertz CT molecular complexity index is 904. The van der Waals surface area contributed by atoms with Crippen molar-refractivity contribution >= 4 is 5.82 Å². The molecule has 2 saturated carbocycles. The second kappa shape index (κ2) is 6.14. The minimum absolute atomic E-state index is 0.580. The highest BCUT2D eigenvalue weighted by Gasteiger charge is 2.56. The Morgan fingerprint density at radius 2 is 1.96 bits per heavy atom. The van der Waals surface area contributed by atoms with Crippen molar-refractivity contribution in [2.75, 3.05) is 25.0 Å². The van der Waals surface area contributed by atoms with Crippen molar-refractivity contribution in [3.05, 3.63) is 36.2 Å². The van der Waals surface area contributed by atoms with Crippen molar-refractivity contribution in [3.8, 4) is 11.3 Å². The van der Waals surface area contributed by atoms with E-state index in [2.05, 4.69) is 43.7 Å². The van der Waals surface area contributed by atoms with Gasteiger partial charge in [0.05, 0.1) is 11.4 Å². The summed E-state index contributed by atoms with van der Waals surface area (Å²) in [6.45, 7) is 5.82. The Kier molecular flexibility index (Phi) is 3.67. The van der Waals surface area contributed by atoms with Crippen LogP contribution in [0, 0.1) is 36.5 Å². The normalized spacial score (nSPS) is 35.5. The van der Waals surface area contributed by atoms with Crippen LogP contribution in [-0.4, -0.2) is 50.6 Å². The predicted octanol–water partition coefficient (Wildman–Crippen LogP) is 2.74. The molecule has 3 fully saturated rings. The third-order valence-corrected chi connectivity index (χ3v) is 7.45. The van der Waals surface area contributed by atoms with Crippen LogP contribution in [0.5, 0.6) is 0 Å². The molecule has 6 atom stereocenters. The number of likely N-dealkylation sites (tertiary alicyclic amines) is 1. The molecule has 0 aromatic carbocycles. The number of hydrogen-bond donors (Lipinski definition) is 1. The summed E-state index contributed by atoms with van der Waals surface area (Å²) in [5.41, 5.74) is 2.93. The molecule has 4 aliphatic rings. The van der Waals surface area contributed by atoms with Crippen molar-refractivity contribution < 1.29 is 0 Å². The van der Waals surface area contributed by atoms with Gasteiger partial charge in [0.2, 0.25) is 0 Å². The van der Waals surface area contributed by atoms with Crippen LogP contribution in [0.2, 0.25) is 0 Å². The molecule has 2 aromatic rings. The fourth-order valence-corrected chi connectivity index (χ4v) is 5.99. The minimum atomic E-state index is 0.580. The van der Waals surface area contributed by atoms with Gasteiger partial charge in [-0.25, -0.2) is 0 Å². The summed E-state index contributed by atoms with van der Waals surface area (Å²) in [6.07, 6.45) is 9.77. The maximum atomic E-state index is 4.42. The maximum absolute atomic E-state index is 4.42. The summed E-state index contributed by atoms with van der Waals surface area (Å²) in [7, 11) is 1.93. The lowest BCUT2D eigenvalue weighted by molar-refractivity contribution is 0.232. The van der Waals surface area contributed by atoms with Gasteiger partial charge in [-0.3, -0.25) is 4.68 Å². The first kappa shape index (κ1) is 16.7. The largest absolute Gasteiger partial charge is 0.365 e. The minimum Gasteiger partial charge on any atom is -0.365 e. The summed E-state index contributed by atoms with van der Waals surface area (Å²) < 4.78 is 1.82. The van der Waals surface area contributed by atoms with E-state index in [0.717, 1.165) is 52.4 Å². The summed E-state index contributed by atoms with van der Waals surface area (Å²) in [5, 5.41) is 16.9. The lowest BCUT2D eigenvalue weighted by Crippen LogP contribution is -2.33. The molecule has 6 rings (SSSR count). The number of nitrogens with zero attached hydrogens (tertiary/aromatic N) is 5. The van der Waals surface area contributed by atoms with Gasteiger partial charge in [-0.1, -0.05) is 12.2 Å². The Hall–Kier alpha value is -2.21. The number of nitrogens with one attached hydrogen (secondary N) is 1. The summed E-state index contributed by atoms with van der Waals surface area (Å²) >= 11 is 0. The number of aromatic nitrogens is 4. The molecule has 6 nitrogen and oxygen atoms in total. The van der Waals surface area contributed by atoms with Crippen LogP contribution in [0.15, 0.2) is 30.5 Å². The van der Waals surface area contributed by atoms with Gasteiger partial charge in [-0.2, -0.15) is 5.10 Å². The van der Waals surface area contributed by atoms with Crippen molar-refractivity contribution in [1.82, 2.24) is 24.9 Å². The topological polar surface area (TPSA) is 58.9 Å². The summed E-state index contributed by atoms with van der Waals surface area (Å²) in [4.78, 5) is 2.71. The first-order chi connectivity index (χ1) is 13.6. The Morgan fingerprint density at radius 3 is 2.57 bits per heavy atom. The lowest BCUT2D eigenvalue weighted by Gasteiger charge is -2.26. The molecule has 146 valence electrons. The van der Waals surface area contributed by atoms with Crippen molar-refractivity contribution in [2.45, 2.75) is 25.8 Å². The van der Waals surface area contributed by atoms with Crippen LogP contribution in [0.4, 0.5) is 5.82 Å². The third kappa shape index (κ3) is 2.77. The zero-order valence-electron chi connectivity index (χ0n) is 16.6. The van der Waals surface area contributed by atoms with E-state index >= 15 is 0 Å². The van der Waals surface area contributed by atoms with Crippen molar-refractivity contribution in [3.63, 3.8) is 0 Å². The van der Waals surface area contributed by atoms with Gasteiger partial charge in [0.15, 0.2) is 0 Å². The molecule has 1 saturated heterocycles. The lowest BCUT2D eigenvalue weighted by atomic mass is 9.93. The standard InChI is InChI=1S/C22H28N6/c1-13-17(10-27(2)26-13)20-5-6-21(25-24-20)23-22-18-11-28(12-19(18)22)9-16-8-14-3-4-15(16)7-14/h3-6,10,14-16,18-19,22H,7-9,11-12H2,1-2H3,(H,23,25)/t14?,15?,16?,18-,19?,22?/m1/s1. The number of fused-ring (bicyclic) bond motifs is 3. The van der Waals surface area contributed by atoms with Crippen LogP contribution in [0.1, 0.15) is 18.5 Å². The predicted molar refractivity (Wildman–Crippen MR) is 109 cm³/mol. The number of hydrogen-bond acceptors (Lipinski definition) is 5. The van der Waals surface area contributed by atoms with E-state index in [1.165, 1.54) is 32.5 Å². The van der Waals surface area contributed by atoms with Gasteiger partial charge < -0.3 is 10.2 Å². The number of rotatable bonds is 5. The molecule has 3 aliphatic carbocycles. The highest BCUT2D eigenvalue weighted by molar-refractivity contribution is 5.61. The van der Waals surface area contributed by atoms with Crippen LogP contribution in [0.25, 0.3) is 11.3 Å². The quantitative estimate of drug-likeness (QED) is 0.813. The van der Waals surface area contributed by atoms with Gasteiger partial charge in [0.25, 0.3) is 0 Å². The van der Waals surface area contributed by atoms with Gasteiger partial charge in [0.1, 0.15) is 5.82 Å². The Labute approximate surface area is 166 Å². The molecule has 0 spiro atoms. The molecule has 0 radical (unpaired) electrons. The van der Waals surface area contributed by atoms with Crippen LogP contribution in [-0.2, 0) is 7.05 Å². The molecular formula is C22H28N6. The monoisotopic (exact) mass is 376 g/mol. The highest BCUT2D eigenvalue weighted by Crippen LogP contribution is 2.49. The fourth-order valence-electron chi connectivity index (χ4n) is 5.99. The molecule has 2 aromatic heterocycles. The van der Waals surface area contributed by atoms with E-state index in [-0.39, 0.29) is 0 Å². The molecule has 0 amide bonds. The molecule has 5 unspecified atom stereocenters. The van der Waals surface area contributed by atoms with Gasteiger partial charge in [0, 0.05) is 44.5 Å². The SMILES string of the molecule is Cc1nn(C)cc1-c1ccc(NC2C3CN(CC4CC5C=CC4C5)C[C@H]32)nn1. The Balaban J connectivity index is 1.03. The van der Waals surface area contributed by atoms with Gasteiger partial charge in [-0.05, 0) is 61.5 Å². The zero-order chi connectivity index (χ0) is 18.8. The highest BCUT2D eigenvalue weighted by atomic mass is 15.3. The first-order valence-corrected chi connectivity index (χ1v) is 10.7. The Morgan fingerprint density at radius 1 is 1.11 bits per heavy atom. The average Bonchev–Trinajstić information content (AvgIpc) is 3.22. The molecule has 28 heavy (non-hydrogen) atoms. The van der Waals surface area contributed by atoms with Crippen LogP contribution >= 0.6 is 0 Å². The van der Waals surface area contributed by atoms with Crippen LogP contribution < -0.4 is 5.32 Å². The maximum Gasteiger partial charge on any atom is 0.148 e. The fraction of sp³-hybridized carbons (Fsp3) is 0.591.